The average molecular weight is 383 g/mol. The second kappa shape index (κ2) is 10.3. The molecule has 2 aromatic rings. The molecule has 0 aliphatic rings. The zero-order valence-electron chi connectivity index (χ0n) is 16.3. The van der Waals surface area contributed by atoms with Crippen molar-refractivity contribution in [1.82, 2.24) is 5.32 Å². The first kappa shape index (κ1) is 21.2. The van der Waals surface area contributed by atoms with Crippen LogP contribution in [0.15, 0.2) is 54.6 Å². The predicted octanol–water partition coefficient (Wildman–Crippen LogP) is 3.32. The fraction of sp³-hybridized carbons (Fsp3) is 0.318. The lowest BCUT2D eigenvalue weighted by Crippen LogP contribution is -2.35. The van der Waals surface area contributed by atoms with Crippen molar-refractivity contribution in [3.05, 3.63) is 65.7 Å². The van der Waals surface area contributed by atoms with E-state index in [4.69, 9.17) is 9.47 Å². The highest BCUT2D eigenvalue weighted by Gasteiger charge is 2.28. The molecule has 0 aliphatic heterocycles. The lowest BCUT2D eigenvalue weighted by Gasteiger charge is -2.21. The molecule has 0 saturated carbocycles. The van der Waals surface area contributed by atoms with E-state index in [-0.39, 0.29) is 11.5 Å². The monoisotopic (exact) mass is 383 g/mol. The van der Waals surface area contributed by atoms with Gasteiger partial charge in [0.1, 0.15) is 5.75 Å². The zero-order chi connectivity index (χ0) is 20.5. The molecular formula is C22H25NO5. The van der Waals surface area contributed by atoms with Crippen LogP contribution in [0.5, 0.6) is 5.75 Å². The lowest BCUT2D eigenvalue weighted by atomic mass is 9.86. The van der Waals surface area contributed by atoms with Crippen LogP contribution in [0.4, 0.5) is 0 Å². The minimum atomic E-state index is -0.694. The van der Waals surface area contributed by atoms with Gasteiger partial charge in [0.25, 0.3) is 11.8 Å². The fourth-order valence-electron chi connectivity index (χ4n) is 2.88. The molecule has 0 bridgehead atoms. The third-order valence-corrected chi connectivity index (χ3v) is 4.58. The minimum Gasteiger partial charge on any atom is -0.496 e. The Morgan fingerprint density at radius 1 is 1.00 bits per heavy atom. The standard InChI is InChI=1S/C22H25NO5/c1-4-15(2)20(16-10-6-5-7-11-16)22(26)28-14-19(24)23-21(25)17-12-8-9-13-18(17)27-3/h5-13,15,20H,4,14H2,1-3H3,(H,23,24,25). The van der Waals surface area contributed by atoms with Crippen LogP contribution in [0.3, 0.4) is 0 Å². The molecule has 0 saturated heterocycles. The zero-order valence-corrected chi connectivity index (χ0v) is 16.3. The SMILES string of the molecule is CCC(C)C(C(=O)OCC(=O)NC(=O)c1ccccc1OC)c1ccccc1. The Morgan fingerprint density at radius 3 is 2.29 bits per heavy atom. The van der Waals surface area contributed by atoms with E-state index < -0.39 is 30.3 Å². The predicted molar refractivity (Wildman–Crippen MR) is 105 cm³/mol. The van der Waals surface area contributed by atoms with E-state index in [1.807, 2.05) is 44.2 Å². The molecule has 6 heteroatoms. The summed E-state index contributed by atoms with van der Waals surface area (Å²) in [5.41, 5.74) is 1.07. The maximum Gasteiger partial charge on any atom is 0.314 e. The number of nitrogens with one attached hydrogen (secondary N) is 1. The number of benzene rings is 2. The van der Waals surface area contributed by atoms with Gasteiger partial charge in [0.15, 0.2) is 6.61 Å². The van der Waals surface area contributed by atoms with Crippen LogP contribution in [0.2, 0.25) is 0 Å². The third kappa shape index (κ3) is 5.42. The Morgan fingerprint density at radius 2 is 1.64 bits per heavy atom. The Labute approximate surface area is 164 Å². The fourth-order valence-corrected chi connectivity index (χ4v) is 2.88. The van der Waals surface area contributed by atoms with Crippen LogP contribution < -0.4 is 10.1 Å². The highest BCUT2D eigenvalue weighted by molar-refractivity contribution is 6.06. The topological polar surface area (TPSA) is 81.7 Å². The number of esters is 1. The largest absolute Gasteiger partial charge is 0.496 e. The molecule has 0 fully saturated rings. The van der Waals surface area contributed by atoms with Gasteiger partial charge in [-0.05, 0) is 23.6 Å². The van der Waals surface area contributed by atoms with Crippen LogP contribution >= 0.6 is 0 Å². The van der Waals surface area contributed by atoms with Gasteiger partial charge < -0.3 is 9.47 Å². The molecule has 28 heavy (non-hydrogen) atoms. The van der Waals surface area contributed by atoms with Gasteiger partial charge in [-0.25, -0.2) is 0 Å². The van der Waals surface area contributed by atoms with E-state index >= 15 is 0 Å². The molecule has 0 spiro atoms. The van der Waals surface area contributed by atoms with Gasteiger partial charge in [-0.2, -0.15) is 0 Å². The molecule has 2 aromatic carbocycles. The van der Waals surface area contributed by atoms with E-state index in [2.05, 4.69) is 5.32 Å². The molecule has 0 aromatic heterocycles. The number of imide groups is 1. The number of carbonyl (C=O) groups excluding carboxylic acids is 3. The summed E-state index contributed by atoms with van der Waals surface area (Å²) in [6.07, 6.45) is 0.785. The van der Waals surface area contributed by atoms with Crippen molar-refractivity contribution >= 4 is 17.8 Å². The number of ether oxygens (including phenoxy) is 2. The summed E-state index contributed by atoms with van der Waals surface area (Å²) < 4.78 is 10.3. The summed E-state index contributed by atoms with van der Waals surface area (Å²) in [6.45, 7) is 3.43. The van der Waals surface area contributed by atoms with Crippen molar-refractivity contribution < 1.29 is 23.9 Å². The molecule has 1 N–H and O–H groups in total. The van der Waals surface area contributed by atoms with Crippen molar-refractivity contribution in [3.8, 4) is 5.75 Å². The van der Waals surface area contributed by atoms with Crippen LogP contribution in [0, 0.1) is 5.92 Å². The highest BCUT2D eigenvalue weighted by atomic mass is 16.5. The number of hydrogen-bond donors (Lipinski definition) is 1. The summed E-state index contributed by atoms with van der Waals surface area (Å²) in [6, 6.07) is 15.9. The normalized spacial score (nSPS) is 12.5. The number of carbonyl (C=O) groups is 3. The van der Waals surface area contributed by atoms with E-state index in [0.717, 1.165) is 12.0 Å². The Balaban J connectivity index is 1.98. The number of rotatable bonds is 8. The average Bonchev–Trinajstić information content (AvgIpc) is 2.72. The van der Waals surface area contributed by atoms with E-state index in [1.165, 1.54) is 7.11 Å². The maximum atomic E-state index is 12.6. The summed E-state index contributed by atoms with van der Waals surface area (Å²) in [5.74, 6) is -1.86. The van der Waals surface area contributed by atoms with Gasteiger partial charge >= 0.3 is 5.97 Å². The third-order valence-electron chi connectivity index (χ3n) is 4.58. The summed E-state index contributed by atoms with van der Waals surface area (Å²) in [4.78, 5) is 36.9. The first-order chi connectivity index (χ1) is 13.5. The van der Waals surface area contributed by atoms with Gasteiger partial charge in [0.2, 0.25) is 0 Å². The first-order valence-electron chi connectivity index (χ1n) is 9.16. The maximum absolute atomic E-state index is 12.6. The molecule has 0 radical (unpaired) electrons. The molecule has 0 heterocycles. The Kier molecular flexibility index (Phi) is 7.75. The second-order valence-corrected chi connectivity index (χ2v) is 6.46. The quantitative estimate of drug-likeness (QED) is 0.707. The van der Waals surface area contributed by atoms with Gasteiger partial charge in [-0.1, -0.05) is 62.7 Å². The van der Waals surface area contributed by atoms with E-state index in [0.29, 0.717) is 5.75 Å². The molecule has 148 valence electrons. The minimum absolute atomic E-state index is 0.0492. The molecule has 6 nitrogen and oxygen atoms in total. The summed E-state index contributed by atoms with van der Waals surface area (Å²) >= 11 is 0. The van der Waals surface area contributed by atoms with Crippen molar-refractivity contribution in [2.24, 2.45) is 5.92 Å². The van der Waals surface area contributed by atoms with Gasteiger partial charge in [0, 0.05) is 0 Å². The number of amides is 2. The Bertz CT molecular complexity index is 819. The Hall–Kier alpha value is -3.15. The van der Waals surface area contributed by atoms with Crippen molar-refractivity contribution in [3.63, 3.8) is 0 Å². The van der Waals surface area contributed by atoms with Gasteiger partial charge in [-0.15, -0.1) is 0 Å². The van der Waals surface area contributed by atoms with E-state index in [1.54, 1.807) is 24.3 Å². The van der Waals surface area contributed by atoms with Crippen LogP contribution in [0.25, 0.3) is 0 Å². The van der Waals surface area contributed by atoms with Crippen molar-refractivity contribution in [1.29, 1.82) is 0 Å². The summed E-state index contributed by atoms with van der Waals surface area (Å²) in [7, 11) is 1.44. The molecule has 0 aliphatic carbocycles. The molecule has 2 atom stereocenters. The molecule has 2 amide bonds. The van der Waals surface area contributed by atoms with Crippen molar-refractivity contribution in [2.75, 3.05) is 13.7 Å². The molecule has 2 rings (SSSR count). The number of para-hydroxylation sites is 1. The van der Waals surface area contributed by atoms with E-state index in [9.17, 15) is 14.4 Å². The van der Waals surface area contributed by atoms with Gasteiger partial charge in [0.05, 0.1) is 18.6 Å². The smallest absolute Gasteiger partial charge is 0.314 e. The first-order valence-corrected chi connectivity index (χ1v) is 9.16. The van der Waals surface area contributed by atoms with Crippen LogP contribution in [-0.2, 0) is 14.3 Å². The highest BCUT2D eigenvalue weighted by Crippen LogP contribution is 2.28. The number of methoxy groups -OCH3 is 1. The second-order valence-electron chi connectivity index (χ2n) is 6.46. The van der Waals surface area contributed by atoms with Crippen LogP contribution in [0.1, 0.15) is 42.1 Å². The lowest BCUT2D eigenvalue weighted by molar-refractivity contribution is -0.151. The molecular weight excluding hydrogens is 358 g/mol. The van der Waals surface area contributed by atoms with Gasteiger partial charge in [-0.3, -0.25) is 19.7 Å². The van der Waals surface area contributed by atoms with Crippen LogP contribution in [-0.4, -0.2) is 31.5 Å². The number of hydrogen-bond acceptors (Lipinski definition) is 5. The van der Waals surface area contributed by atoms with Crippen molar-refractivity contribution in [2.45, 2.75) is 26.2 Å². The summed E-state index contributed by atoms with van der Waals surface area (Å²) in [5, 5.41) is 2.21. The molecule has 2 unspecified atom stereocenters.